The van der Waals surface area contributed by atoms with Gasteiger partial charge in [0.2, 0.25) is 0 Å². The van der Waals surface area contributed by atoms with E-state index in [1.54, 1.807) is 49.4 Å². The molecule has 3 heteroatoms. The number of hydrogen-bond acceptors (Lipinski definition) is 3. The first-order valence-electron chi connectivity index (χ1n) is 5.66. The number of para-hydroxylation sites is 1. The van der Waals surface area contributed by atoms with Crippen LogP contribution in [0.15, 0.2) is 66.5 Å². The van der Waals surface area contributed by atoms with Gasteiger partial charge in [-0.2, -0.15) is 0 Å². The van der Waals surface area contributed by atoms with Gasteiger partial charge in [0, 0.05) is 0 Å². The summed E-state index contributed by atoms with van der Waals surface area (Å²) in [5.74, 6) is 0.893. The summed E-state index contributed by atoms with van der Waals surface area (Å²) >= 11 is 0. The van der Waals surface area contributed by atoms with E-state index in [2.05, 4.69) is 0 Å². The van der Waals surface area contributed by atoms with Gasteiger partial charge in [-0.3, -0.25) is 0 Å². The molecule has 0 unspecified atom stereocenters. The molecule has 1 aromatic carbocycles. The normalized spacial score (nSPS) is 12.0. The van der Waals surface area contributed by atoms with E-state index in [9.17, 15) is 4.79 Å². The highest BCUT2D eigenvalue weighted by Crippen LogP contribution is 2.11. The maximum Gasteiger partial charge on any atom is 0.519 e. The Bertz CT molecular complexity index is 456. The molecule has 1 aromatic rings. The lowest BCUT2D eigenvalue weighted by molar-refractivity contribution is 0.129. The number of carbonyl (C=O) groups excluding carboxylic acids is 1. The van der Waals surface area contributed by atoms with Crippen molar-refractivity contribution < 1.29 is 14.3 Å². The minimum Gasteiger partial charge on any atom is -0.395 e. The molecule has 0 aliphatic heterocycles. The van der Waals surface area contributed by atoms with E-state index in [0.29, 0.717) is 11.5 Å². The Kier molecular flexibility index (Phi) is 6.04. The maximum atomic E-state index is 11.5. The van der Waals surface area contributed by atoms with Gasteiger partial charge in [-0.25, -0.2) is 4.79 Å². The molecular weight excluding hydrogens is 228 g/mol. The van der Waals surface area contributed by atoms with E-state index in [1.165, 1.54) is 0 Å². The second-order valence-electron chi connectivity index (χ2n) is 3.34. The van der Waals surface area contributed by atoms with Gasteiger partial charge in [0.25, 0.3) is 0 Å². The van der Waals surface area contributed by atoms with Crippen molar-refractivity contribution in [2.24, 2.45) is 0 Å². The SMILES string of the molecule is C\C=C/C=C\C(=C/C)OC(=O)Oc1ccccc1. The van der Waals surface area contributed by atoms with E-state index >= 15 is 0 Å². The summed E-state index contributed by atoms with van der Waals surface area (Å²) in [7, 11) is 0. The molecule has 0 fully saturated rings. The summed E-state index contributed by atoms with van der Waals surface area (Å²) in [4.78, 5) is 11.5. The molecule has 0 spiro atoms. The zero-order valence-corrected chi connectivity index (χ0v) is 10.5. The lowest BCUT2D eigenvalue weighted by atomic mass is 10.3. The van der Waals surface area contributed by atoms with Crippen LogP contribution in [-0.2, 0) is 4.74 Å². The fraction of sp³-hybridized carbons (Fsp3) is 0.133. The average molecular weight is 244 g/mol. The highest BCUT2D eigenvalue weighted by Gasteiger charge is 2.06. The minimum absolute atomic E-state index is 0.439. The van der Waals surface area contributed by atoms with Crippen LogP contribution in [0.1, 0.15) is 13.8 Å². The summed E-state index contributed by atoms with van der Waals surface area (Å²) in [6.07, 6.45) is 8.13. The molecule has 1 rings (SSSR count). The summed E-state index contributed by atoms with van der Waals surface area (Å²) in [6.45, 7) is 3.69. The van der Waals surface area contributed by atoms with Crippen LogP contribution >= 0.6 is 0 Å². The Balaban J connectivity index is 2.53. The van der Waals surface area contributed by atoms with Crippen molar-refractivity contribution >= 4 is 6.16 Å². The van der Waals surface area contributed by atoms with Gasteiger partial charge in [-0.1, -0.05) is 36.4 Å². The Hall–Kier alpha value is -2.29. The molecule has 0 aromatic heterocycles. The highest BCUT2D eigenvalue weighted by atomic mass is 16.7. The van der Waals surface area contributed by atoms with E-state index in [4.69, 9.17) is 9.47 Å². The molecule has 0 atom stereocenters. The Morgan fingerprint density at radius 3 is 2.44 bits per heavy atom. The van der Waals surface area contributed by atoms with Crippen LogP contribution in [0, 0.1) is 0 Å². The number of ether oxygens (including phenoxy) is 2. The number of allylic oxidation sites excluding steroid dienone is 5. The fourth-order valence-corrected chi connectivity index (χ4v) is 1.15. The van der Waals surface area contributed by atoms with Crippen molar-refractivity contribution in [1.29, 1.82) is 0 Å². The average Bonchev–Trinajstić information content (AvgIpc) is 2.39. The first-order valence-corrected chi connectivity index (χ1v) is 5.66. The maximum absolute atomic E-state index is 11.5. The number of carbonyl (C=O) groups is 1. The minimum atomic E-state index is -0.751. The highest BCUT2D eigenvalue weighted by molar-refractivity contribution is 5.65. The number of rotatable bonds is 4. The molecule has 18 heavy (non-hydrogen) atoms. The smallest absolute Gasteiger partial charge is 0.395 e. The Morgan fingerprint density at radius 1 is 1.11 bits per heavy atom. The number of benzene rings is 1. The third-order valence-corrected chi connectivity index (χ3v) is 1.99. The zero-order valence-electron chi connectivity index (χ0n) is 10.5. The molecule has 0 saturated heterocycles. The topological polar surface area (TPSA) is 35.5 Å². The van der Waals surface area contributed by atoms with E-state index in [0.717, 1.165) is 0 Å². The van der Waals surface area contributed by atoms with Crippen LogP contribution in [0.2, 0.25) is 0 Å². The fourth-order valence-electron chi connectivity index (χ4n) is 1.15. The molecule has 0 aliphatic rings. The van der Waals surface area contributed by atoms with Crippen molar-refractivity contribution in [3.63, 3.8) is 0 Å². The predicted molar refractivity (Wildman–Crippen MR) is 71.3 cm³/mol. The van der Waals surface area contributed by atoms with Gasteiger partial charge >= 0.3 is 6.16 Å². The Labute approximate surface area is 107 Å². The second-order valence-corrected chi connectivity index (χ2v) is 3.34. The Morgan fingerprint density at radius 2 is 1.83 bits per heavy atom. The van der Waals surface area contributed by atoms with Gasteiger partial charge in [-0.05, 0) is 38.1 Å². The largest absolute Gasteiger partial charge is 0.519 e. The summed E-state index contributed by atoms with van der Waals surface area (Å²) in [6, 6.07) is 8.78. The monoisotopic (exact) mass is 244 g/mol. The van der Waals surface area contributed by atoms with Crippen LogP contribution < -0.4 is 4.74 Å². The molecule has 0 heterocycles. The van der Waals surface area contributed by atoms with Gasteiger partial charge in [0.1, 0.15) is 11.5 Å². The lowest BCUT2D eigenvalue weighted by Crippen LogP contribution is -2.09. The second kappa shape index (κ2) is 7.90. The van der Waals surface area contributed by atoms with Gasteiger partial charge in [0.05, 0.1) is 0 Å². The van der Waals surface area contributed by atoms with Crippen molar-refractivity contribution in [3.8, 4) is 5.75 Å². The molecule has 0 N–H and O–H groups in total. The predicted octanol–water partition coefficient (Wildman–Crippen LogP) is 4.24. The van der Waals surface area contributed by atoms with E-state index in [1.807, 2.05) is 25.1 Å². The number of hydrogen-bond donors (Lipinski definition) is 0. The van der Waals surface area contributed by atoms with Gasteiger partial charge < -0.3 is 9.47 Å². The molecular formula is C15H16O3. The van der Waals surface area contributed by atoms with E-state index in [-0.39, 0.29) is 0 Å². The molecule has 0 amide bonds. The zero-order chi connectivity index (χ0) is 13.2. The van der Waals surface area contributed by atoms with Crippen molar-refractivity contribution in [3.05, 3.63) is 66.5 Å². The van der Waals surface area contributed by atoms with Crippen molar-refractivity contribution in [2.45, 2.75) is 13.8 Å². The lowest BCUT2D eigenvalue weighted by Gasteiger charge is -2.05. The molecule has 0 aliphatic carbocycles. The first kappa shape index (κ1) is 13.8. The van der Waals surface area contributed by atoms with Crippen LogP contribution in [0.25, 0.3) is 0 Å². The molecule has 0 saturated carbocycles. The van der Waals surface area contributed by atoms with E-state index < -0.39 is 6.16 Å². The third kappa shape index (κ3) is 5.16. The third-order valence-electron chi connectivity index (χ3n) is 1.99. The summed E-state index contributed by atoms with van der Waals surface area (Å²) in [5, 5.41) is 0. The summed E-state index contributed by atoms with van der Waals surface area (Å²) in [5.41, 5.74) is 0. The quantitative estimate of drug-likeness (QED) is 0.344. The van der Waals surface area contributed by atoms with Crippen LogP contribution in [0.5, 0.6) is 5.75 Å². The van der Waals surface area contributed by atoms with Crippen molar-refractivity contribution in [1.82, 2.24) is 0 Å². The standard InChI is InChI=1S/C15H16O3/c1-3-5-7-10-13(4-2)17-15(16)18-14-11-8-6-9-12-14/h3-12H,1-2H3/b5-3-,10-7-,13-4+. The van der Waals surface area contributed by atoms with Crippen LogP contribution in [-0.4, -0.2) is 6.16 Å². The molecule has 94 valence electrons. The van der Waals surface area contributed by atoms with Gasteiger partial charge in [0.15, 0.2) is 0 Å². The first-order chi connectivity index (χ1) is 8.76. The summed E-state index contributed by atoms with van der Waals surface area (Å²) < 4.78 is 10.0. The van der Waals surface area contributed by atoms with Gasteiger partial charge in [-0.15, -0.1) is 0 Å². The van der Waals surface area contributed by atoms with Crippen molar-refractivity contribution in [2.75, 3.05) is 0 Å². The molecule has 0 bridgehead atoms. The molecule has 3 nitrogen and oxygen atoms in total. The van der Waals surface area contributed by atoms with Crippen LogP contribution in [0.4, 0.5) is 4.79 Å². The molecule has 0 radical (unpaired) electrons. The van der Waals surface area contributed by atoms with Crippen LogP contribution in [0.3, 0.4) is 0 Å².